The molecule has 0 radical (unpaired) electrons. The van der Waals surface area contributed by atoms with Gasteiger partial charge in [-0.3, -0.25) is 9.59 Å². The van der Waals surface area contributed by atoms with E-state index in [1.54, 1.807) is 0 Å². The van der Waals surface area contributed by atoms with E-state index in [2.05, 4.69) is 34.5 Å². The second-order valence-corrected chi connectivity index (χ2v) is 7.16. The van der Waals surface area contributed by atoms with Crippen LogP contribution in [0.25, 0.3) is 0 Å². The number of carbonyl (C=O) groups excluding carboxylic acids is 2. The van der Waals surface area contributed by atoms with Gasteiger partial charge < -0.3 is 10.2 Å². The van der Waals surface area contributed by atoms with Gasteiger partial charge in [-0.2, -0.15) is 0 Å². The maximum atomic E-state index is 11.7. The van der Waals surface area contributed by atoms with E-state index < -0.39 is 0 Å². The molecule has 2 heterocycles. The number of thiocarbonyl (C=S) groups is 1. The summed E-state index contributed by atoms with van der Waals surface area (Å²) in [5.41, 5.74) is 2.27. The molecule has 2 fully saturated rings. The van der Waals surface area contributed by atoms with Crippen LogP contribution >= 0.6 is 24.0 Å². The van der Waals surface area contributed by atoms with Crippen LogP contribution in [0.3, 0.4) is 0 Å². The molecule has 1 amide bonds. The molecule has 1 unspecified atom stereocenters. The number of amides is 1. The molecule has 110 valence electrons. The normalized spacial score (nSPS) is 22.6. The van der Waals surface area contributed by atoms with Gasteiger partial charge in [0.15, 0.2) is 0 Å². The quantitative estimate of drug-likeness (QED) is 0.862. The molecule has 0 bridgehead atoms. The highest BCUT2D eigenvalue weighted by atomic mass is 32.2. The van der Waals surface area contributed by atoms with Crippen LogP contribution in [0.2, 0.25) is 0 Å². The predicted octanol–water partition coefficient (Wildman–Crippen LogP) is 1.91. The van der Waals surface area contributed by atoms with Crippen LogP contribution in [0.4, 0.5) is 5.69 Å². The second kappa shape index (κ2) is 6.15. The van der Waals surface area contributed by atoms with Crippen molar-refractivity contribution in [2.24, 2.45) is 0 Å². The Morgan fingerprint density at radius 3 is 2.43 bits per heavy atom. The number of rotatable bonds is 3. The van der Waals surface area contributed by atoms with Crippen molar-refractivity contribution in [2.75, 3.05) is 18.0 Å². The van der Waals surface area contributed by atoms with E-state index in [9.17, 15) is 9.59 Å². The maximum absolute atomic E-state index is 11.7. The fourth-order valence-electron chi connectivity index (χ4n) is 2.60. The summed E-state index contributed by atoms with van der Waals surface area (Å²) in [4.78, 5) is 25.2. The van der Waals surface area contributed by atoms with Gasteiger partial charge in [0.1, 0.15) is 10.1 Å². The summed E-state index contributed by atoms with van der Waals surface area (Å²) in [5, 5.41) is 2.55. The molecule has 1 atom stereocenters. The van der Waals surface area contributed by atoms with Gasteiger partial charge in [-0.25, -0.2) is 0 Å². The first-order valence-electron chi connectivity index (χ1n) is 6.99. The van der Waals surface area contributed by atoms with Crippen molar-refractivity contribution >= 4 is 45.7 Å². The molecule has 0 aliphatic carbocycles. The zero-order chi connectivity index (χ0) is 14.8. The second-order valence-electron chi connectivity index (χ2n) is 5.28. The fraction of sp³-hybridized carbons (Fsp3) is 0.400. The van der Waals surface area contributed by atoms with Gasteiger partial charge in [-0.1, -0.05) is 36.1 Å². The summed E-state index contributed by atoms with van der Waals surface area (Å²) in [7, 11) is 0. The number of Topliss-reactive ketones (excluding diaryl/α,β-unsaturated/α-hetero) is 1. The van der Waals surface area contributed by atoms with E-state index in [0.29, 0.717) is 29.4 Å². The Kier molecular flexibility index (Phi) is 4.26. The number of hydrogen-bond donors (Lipinski definition) is 1. The van der Waals surface area contributed by atoms with E-state index in [1.165, 1.54) is 11.8 Å². The Bertz CT molecular complexity index is 576. The minimum atomic E-state index is -0.115. The Balaban J connectivity index is 1.63. The lowest BCUT2D eigenvalue weighted by molar-refractivity contribution is -0.119. The molecule has 6 heteroatoms. The number of piperidine rings is 1. The highest BCUT2D eigenvalue weighted by molar-refractivity contribution is 8.24. The predicted molar refractivity (Wildman–Crippen MR) is 88.7 cm³/mol. The van der Waals surface area contributed by atoms with E-state index >= 15 is 0 Å². The summed E-state index contributed by atoms with van der Waals surface area (Å²) in [6, 6.07) is 8.25. The van der Waals surface area contributed by atoms with Gasteiger partial charge in [0.25, 0.3) is 0 Å². The number of hydrogen-bond acceptors (Lipinski definition) is 5. The Morgan fingerprint density at radius 2 is 1.86 bits per heavy atom. The maximum Gasteiger partial charge on any atom is 0.239 e. The molecule has 1 N–H and O–H groups in total. The minimum absolute atomic E-state index is 0.00335. The standard InChI is InChI=1S/C15H16N2O2S2/c18-12-5-7-17(8-6-12)11-3-1-10(2-4-11)9-13-14(19)16-15(20)21-13/h1-4,13H,5-9H2,(H,16,19,20). The molecular weight excluding hydrogens is 304 g/mol. The topological polar surface area (TPSA) is 49.4 Å². The van der Waals surface area contributed by atoms with Gasteiger partial charge in [0, 0.05) is 31.6 Å². The van der Waals surface area contributed by atoms with Crippen LogP contribution in [0.15, 0.2) is 24.3 Å². The fourth-order valence-corrected chi connectivity index (χ4v) is 3.91. The molecule has 2 saturated heterocycles. The van der Waals surface area contributed by atoms with Crippen molar-refractivity contribution in [1.29, 1.82) is 0 Å². The van der Waals surface area contributed by atoms with E-state index in [1.807, 2.05) is 0 Å². The van der Waals surface area contributed by atoms with Gasteiger partial charge in [-0.05, 0) is 24.1 Å². The Labute approximate surface area is 133 Å². The first kappa shape index (κ1) is 14.5. The number of anilines is 1. The van der Waals surface area contributed by atoms with Crippen molar-refractivity contribution < 1.29 is 9.59 Å². The largest absolute Gasteiger partial charge is 0.371 e. The molecule has 0 saturated carbocycles. The Morgan fingerprint density at radius 1 is 1.19 bits per heavy atom. The number of nitrogens with one attached hydrogen (secondary N) is 1. The monoisotopic (exact) mass is 320 g/mol. The van der Waals surface area contributed by atoms with Crippen LogP contribution in [-0.2, 0) is 16.0 Å². The molecule has 1 aromatic carbocycles. The zero-order valence-corrected chi connectivity index (χ0v) is 13.1. The summed E-state index contributed by atoms with van der Waals surface area (Å²) in [5.74, 6) is 0.353. The summed E-state index contributed by atoms with van der Waals surface area (Å²) in [6.07, 6.45) is 1.96. The minimum Gasteiger partial charge on any atom is -0.371 e. The highest BCUT2D eigenvalue weighted by Gasteiger charge is 2.29. The van der Waals surface area contributed by atoms with Gasteiger partial charge in [-0.15, -0.1) is 0 Å². The van der Waals surface area contributed by atoms with Crippen LogP contribution in [0, 0.1) is 0 Å². The molecular formula is C15H16N2O2S2. The number of thioether (sulfide) groups is 1. The molecule has 0 spiro atoms. The zero-order valence-electron chi connectivity index (χ0n) is 11.5. The highest BCUT2D eigenvalue weighted by Crippen LogP contribution is 2.25. The van der Waals surface area contributed by atoms with Crippen LogP contribution < -0.4 is 10.2 Å². The molecule has 2 aliphatic rings. The lowest BCUT2D eigenvalue weighted by Gasteiger charge is -2.28. The SMILES string of the molecule is O=C1CCN(c2ccc(CC3SC(=S)NC3=O)cc2)CC1. The smallest absolute Gasteiger partial charge is 0.239 e. The molecule has 1 aromatic rings. The molecule has 2 aliphatic heterocycles. The van der Waals surface area contributed by atoms with Crippen molar-refractivity contribution in [3.05, 3.63) is 29.8 Å². The van der Waals surface area contributed by atoms with Gasteiger partial charge in [0.05, 0.1) is 5.25 Å². The molecule has 3 rings (SSSR count). The van der Waals surface area contributed by atoms with E-state index in [4.69, 9.17) is 12.2 Å². The number of benzene rings is 1. The van der Waals surface area contributed by atoms with Crippen molar-refractivity contribution in [3.8, 4) is 0 Å². The third-order valence-corrected chi connectivity index (χ3v) is 5.18. The average molecular weight is 320 g/mol. The van der Waals surface area contributed by atoms with Gasteiger partial charge in [0.2, 0.25) is 5.91 Å². The number of carbonyl (C=O) groups is 2. The summed E-state index contributed by atoms with van der Waals surface area (Å²) in [6.45, 7) is 1.60. The molecule has 4 nitrogen and oxygen atoms in total. The lowest BCUT2D eigenvalue weighted by atomic mass is 10.1. The van der Waals surface area contributed by atoms with E-state index in [0.717, 1.165) is 24.3 Å². The summed E-state index contributed by atoms with van der Waals surface area (Å²) < 4.78 is 0.569. The molecule has 21 heavy (non-hydrogen) atoms. The van der Waals surface area contributed by atoms with Crippen LogP contribution in [0.1, 0.15) is 18.4 Å². The first-order valence-corrected chi connectivity index (χ1v) is 8.28. The average Bonchev–Trinajstić information content (AvgIpc) is 2.79. The molecule has 0 aromatic heterocycles. The van der Waals surface area contributed by atoms with E-state index in [-0.39, 0.29) is 11.2 Å². The number of ketones is 1. The van der Waals surface area contributed by atoms with Gasteiger partial charge >= 0.3 is 0 Å². The number of nitrogens with zero attached hydrogens (tertiary/aromatic N) is 1. The summed E-state index contributed by atoms with van der Waals surface area (Å²) >= 11 is 6.43. The third kappa shape index (κ3) is 3.44. The third-order valence-electron chi connectivity index (χ3n) is 3.81. The van der Waals surface area contributed by atoms with Crippen molar-refractivity contribution in [3.63, 3.8) is 0 Å². The van der Waals surface area contributed by atoms with Crippen molar-refractivity contribution in [2.45, 2.75) is 24.5 Å². The van der Waals surface area contributed by atoms with Crippen molar-refractivity contribution in [1.82, 2.24) is 5.32 Å². The lowest BCUT2D eigenvalue weighted by Crippen LogP contribution is -2.33. The van der Waals surface area contributed by atoms with Crippen LogP contribution in [0.5, 0.6) is 0 Å². The Hall–Kier alpha value is -1.40. The first-order chi connectivity index (χ1) is 10.1. The van der Waals surface area contributed by atoms with Crippen LogP contribution in [-0.4, -0.2) is 34.4 Å².